The van der Waals surface area contributed by atoms with Crippen molar-refractivity contribution in [3.63, 3.8) is 0 Å². The summed E-state index contributed by atoms with van der Waals surface area (Å²) in [6.07, 6.45) is -4.64. The molecule has 1 saturated heterocycles. The van der Waals surface area contributed by atoms with Gasteiger partial charge < -0.3 is 15.5 Å². The van der Waals surface area contributed by atoms with E-state index in [1.807, 2.05) is 5.32 Å². The highest BCUT2D eigenvalue weighted by Gasteiger charge is 2.34. The maximum Gasteiger partial charge on any atom is 0.418 e. The molecule has 0 unspecified atom stereocenters. The molecule has 2 N–H and O–H groups in total. The Morgan fingerprint density at radius 2 is 1.55 bits per heavy atom. The van der Waals surface area contributed by atoms with E-state index in [0.29, 0.717) is 6.54 Å². The van der Waals surface area contributed by atoms with Crippen LogP contribution in [0.5, 0.6) is 0 Å². The van der Waals surface area contributed by atoms with Gasteiger partial charge >= 0.3 is 18.0 Å². The van der Waals surface area contributed by atoms with Crippen molar-refractivity contribution in [1.29, 1.82) is 0 Å². The summed E-state index contributed by atoms with van der Waals surface area (Å²) in [7, 11) is 0. The van der Waals surface area contributed by atoms with Gasteiger partial charge in [0, 0.05) is 45.0 Å². The topological polar surface area (TPSA) is 64.7 Å². The van der Waals surface area contributed by atoms with E-state index >= 15 is 0 Å². The van der Waals surface area contributed by atoms with Crippen molar-refractivity contribution in [3.8, 4) is 0 Å². The number of hydrogen-bond donors (Lipinski definition) is 2. The van der Waals surface area contributed by atoms with E-state index in [9.17, 15) is 27.2 Å². The minimum atomic E-state index is -4.64. The number of nitrogens with zero attached hydrogens (tertiary/aromatic N) is 2. The number of para-hydroxylation sites is 1. The Bertz CT molecular complexity index is 910. The van der Waals surface area contributed by atoms with E-state index in [1.54, 1.807) is 12.1 Å². The van der Waals surface area contributed by atoms with Crippen LogP contribution in [-0.4, -0.2) is 56.0 Å². The van der Waals surface area contributed by atoms with Crippen LogP contribution < -0.4 is 15.5 Å². The number of carbonyl (C=O) groups is 2. The molecule has 2 amide bonds. The van der Waals surface area contributed by atoms with Crippen LogP contribution in [0.25, 0.3) is 0 Å². The van der Waals surface area contributed by atoms with E-state index < -0.39 is 29.2 Å². The Hall–Kier alpha value is -3.14. The minimum Gasteiger partial charge on any atom is -0.369 e. The lowest BCUT2D eigenvalue weighted by atomic mass is 10.1. The molecule has 0 radical (unpaired) electrons. The molecule has 0 saturated carbocycles. The monoisotopic (exact) mass is 438 g/mol. The van der Waals surface area contributed by atoms with E-state index in [4.69, 9.17) is 0 Å². The zero-order valence-electron chi connectivity index (χ0n) is 16.6. The van der Waals surface area contributed by atoms with Gasteiger partial charge in [0.15, 0.2) is 0 Å². The number of carbonyl (C=O) groups excluding carboxylic acids is 2. The van der Waals surface area contributed by atoms with Gasteiger partial charge in [-0.3, -0.25) is 14.5 Å². The first kappa shape index (κ1) is 22.5. The van der Waals surface area contributed by atoms with Gasteiger partial charge in [0.2, 0.25) is 0 Å². The van der Waals surface area contributed by atoms with Crippen molar-refractivity contribution in [2.45, 2.75) is 6.18 Å². The molecule has 0 aliphatic carbocycles. The molecular formula is C21H22F4N4O2. The Morgan fingerprint density at radius 1 is 0.903 bits per heavy atom. The summed E-state index contributed by atoms with van der Waals surface area (Å²) < 4.78 is 52.0. The summed E-state index contributed by atoms with van der Waals surface area (Å²) in [5.41, 5.74) is -0.549. The number of nitrogens with one attached hydrogen (secondary N) is 2. The third-order valence-electron chi connectivity index (χ3n) is 4.96. The Balaban J connectivity index is 1.42. The summed E-state index contributed by atoms with van der Waals surface area (Å²) in [6, 6.07) is 10.7. The van der Waals surface area contributed by atoms with Crippen molar-refractivity contribution in [2.24, 2.45) is 0 Å². The molecular weight excluding hydrogens is 416 g/mol. The molecule has 6 nitrogen and oxygen atoms in total. The molecule has 0 bridgehead atoms. The average molecular weight is 438 g/mol. The normalized spacial score (nSPS) is 14.9. The maximum absolute atomic E-state index is 13.0. The van der Waals surface area contributed by atoms with Gasteiger partial charge in [0.1, 0.15) is 5.82 Å². The van der Waals surface area contributed by atoms with Crippen LogP contribution in [0.1, 0.15) is 5.56 Å². The van der Waals surface area contributed by atoms with Gasteiger partial charge in [0.25, 0.3) is 0 Å². The summed E-state index contributed by atoms with van der Waals surface area (Å²) in [5.74, 6) is -2.44. The summed E-state index contributed by atoms with van der Waals surface area (Å²) in [4.78, 5) is 28.1. The first-order valence-electron chi connectivity index (χ1n) is 9.72. The van der Waals surface area contributed by atoms with Crippen LogP contribution in [-0.2, 0) is 15.8 Å². The molecule has 2 aromatic rings. The number of piperazine rings is 1. The van der Waals surface area contributed by atoms with Crippen molar-refractivity contribution in [1.82, 2.24) is 10.2 Å². The highest BCUT2D eigenvalue weighted by molar-refractivity contribution is 6.39. The second kappa shape index (κ2) is 9.78. The number of rotatable bonds is 5. The summed E-state index contributed by atoms with van der Waals surface area (Å²) in [6.45, 7) is 3.58. The Labute approximate surface area is 176 Å². The molecule has 1 heterocycles. The number of benzene rings is 2. The standard InChI is InChI=1S/C21H22F4N4O2/c22-15-5-7-16(8-6-15)29-13-11-28(12-14-29)10-9-26-19(30)20(31)27-18-4-2-1-3-17(18)21(23,24)25/h1-8H,9-14H2,(H,26,30)(H,27,31). The van der Waals surface area contributed by atoms with Crippen LogP contribution in [0.3, 0.4) is 0 Å². The SMILES string of the molecule is O=C(NCCN1CCN(c2ccc(F)cc2)CC1)C(=O)Nc1ccccc1C(F)(F)F. The first-order chi connectivity index (χ1) is 14.7. The minimum absolute atomic E-state index is 0.184. The Morgan fingerprint density at radius 3 is 2.19 bits per heavy atom. The van der Waals surface area contributed by atoms with Gasteiger partial charge in [-0.2, -0.15) is 13.2 Å². The van der Waals surface area contributed by atoms with Crippen LogP contribution in [0, 0.1) is 5.82 Å². The second-order valence-corrected chi connectivity index (χ2v) is 7.06. The first-order valence-corrected chi connectivity index (χ1v) is 9.72. The molecule has 1 aliphatic rings. The van der Waals surface area contributed by atoms with E-state index in [-0.39, 0.29) is 12.4 Å². The van der Waals surface area contributed by atoms with Crippen molar-refractivity contribution >= 4 is 23.2 Å². The molecule has 166 valence electrons. The van der Waals surface area contributed by atoms with Gasteiger partial charge in [-0.15, -0.1) is 0 Å². The molecule has 1 fully saturated rings. The zero-order valence-corrected chi connectivity index (χ0v) is 16.6. The fraction of sp³-hybridized carbons (Fsp3) is 0.333. The summed E-state index contributed by atoms with van der Waals surface area (Å²) >= 11 is 0. The van der Waals surface area contributed by atoms with Crippen molar-refractivity contribution in [2.75, 3.05) is 49.5 Å². The second-order valence-electron chi connectivity index (χ2n) is 7.06. The molecule has 0 atom stereocenters. The van der Waals surface area contributed by atoms with Crippen molar-refractivity contribution in [3.05, 3.63) is 59.9 Å². The quantitative estimate of drug-likeness (QED) is 0.557. The van der Waals surface area contributed by atoms with Crippen LogP contribution in [0.4, 0.5) is 28.9 Å². The van der Waals surface area contributed by atoms with Crippen LogP contribution in [0.15, 0.2) is 48.5 Å². The highest BCUT2D eigenvalue weighted by atomic mass is 19.4. The molecule has 1 aliphatic heterocycles. The lowest BCUT2D eigenvalue weighted by Gasteiger charge is -2.36. The van der Waals surface area contributed by atoms with Crippen molar-refractivity contribution < 1.29 is 27.2 Å². The number of alkyl halides is 3. The van der Waals surface area contributed by atoms with Gasteiger partial charge in [-0.05, 0) is 36.4 Å². The third kappa shape index (κ3) is 6.17. The number of anilines is 2. The third-order valence-corrected chi connectivity index (χ3v) is 4.96. The zero-order chi connectivity index (χ0) is 22.4. The van der Waals surface area contributed by atoms with Crippen LogP contribution >= 0.6 is 0 Å². The van der Waals surface area contributed by atoms with E-state index in [1.165, 1.54) is 24.3 Å². The largest absolute Gasteiger partial charge is 0.418 e. The van der Waals surface area contributed by atoms with Gasteiger partial charge in [-0.1, -0.05) is 12.1 Å². The predicted octanol–water partition coefficient (Wildman–Crippen LogP) is 2.72. The van der Waals surface area contributed by atoms with Crippen LogP contribution in [0.2, 0.25) is 0 Å². The molecule has 31 heavy (non-hydrogen) atoms. The maximum atomic E-state index is 13.0. The number of halogens is 4. The Kier molecular flexibility index (Phi) is 7.11. The lowest BCUT2D eigenvalue weighted by Crippen LogP contribution is -2.49. The van der Waals surface area contributed by atoms with E-state index in [2.05, 4.69) is 15.1 Å². The fourth-order valence-electron chi connectivity index (χ4n) is 3.31. The molecule has 0 spiro atoms. The fourth-order valence-corrected chi connectivity index (χ4v) is 3.31. The summed E-state index contributed by atoms with van der Waals surface area (Å²) in [5, 5.41) is 4.44. The number of hydrogen-bond acceptors (Lipinski definition) is 4. The molecule has 2 aromatic carbocycles. The highest BCUT2D eigenvalue weighted by Crippen LogP contribution is 2.34. The molecule has 3 rings (SSSR count). The predicted molar refractivity (Wildman–Crippen MR) is 108 cm³/mol. The lowest BCUT2D eigenvalue weighted by molar-refractivity contribution is -0.138. The number of amides is 2. The van der Waals surface area contributed by atoms with Gasteiger partial charge in [0.05, 0.1) is 11.3 Å². The average Bonchev–Trinajstić information content (AvgIpc) is 2.74. The smallest absolute Gasteiger partial charge is 0.369 e. The van der Waals surface area contributed by atoms with E-state index in [0.717, 1.165) is 44.0 Å². The molecule has 10 heteroatoms. The molecule has 0 aromatic heterocycles. The van der Waals surface area contributed by atoms with Gasteiger partial charge in [-0.25, -0.2) is 4.39 Å².